The molecule has 0 bridgehead atoms. The lowest BCUT2D eigenvalue weighted by molar-refractivity contribution is 0.271. The van der Waals surface area contributed by atoms with Gasteiger partial charge < -0.3 is 10.6 Å². The molecule has 1 aromatic carbocycles. The highest BCUT2D eigenvalue weighted by molar-refractivity contribution is 5.70. The van der Waals surface area contributed by atoms with Crippen molar-refractivity contribution in [3.05, 3.63) is 49.6 Å². The summed E-state index contributed by atoms with van der Waals surface area (Å²) in [5, 5.41) is 6.97. The first-order valence-corrected chi connectivity index (χ1v) is 5.90. The smallest absolute Gasteiger partial charge is 0.0976 e. The fraction of sp³-hybridized carbons (Fsp3) is 0.286. The van der Waals surface area contributed by atoms with Crippen LogP contribution in [-0.2, 0) is 0 Å². The van der Waals surface area contributed by atoms with Gasteiger partial charge in [-0.15, -0.1) is 13.2 Å². The third-order valence-corrected chi connectivity index (χ3v) is 2.90. The number of anilines is 2. The Morgan fingerprint density at radius 1 is 1.18 bits per heavy atom. The van der Waals surface area contributed by atoms with Gasteiger partial charge in [0, 0.05) is 19.6 Å². The molecule has 3 heteroatoms. The highest BCUT2D eigenvalue weighted by atomic mass is 15.3. The van der Waals surface area contributed by atoms with Gasteiger partial charge in [-0.1, -0.05) is 24.3 Å². The Hall–Kier alpha value is -1.74. The van der Waals surface area contributed by atoms with Crippen molar-refractivity contribution in [2.75, 3.05) is 30.3 Å². The molecule has 2 N–H and O–H groups in total. The molecule has 1 aromatic rings. The van der Waals surface area contributed by atoms with Crippen LogP contribution in [0.3, 0.4) is 0 Å². The van der Waals surface area contributed by atoms with Gasteiger partial charge in [-0.2, -0.15) is 0 Å². The third kappa shape index (κ3) is 2.68. The maximum atomic E-state index is 3.80. The van der Waals surface area contributed by atoms with Crippen molar-refractivity contribution in [2.24, 2.45) is 0 Å². The second-order valence-corrected chi connectivity index (χ2v) is 4.12. The predicted molar refractivity (Wildman–Crippen MR) is 74.3 cm³/mol. The average molecular weight is 229 g/mol. The van der Waals surface area contributed by atoms with Crippen molar-refractivity contribution < 1.29 is 0 Å². The summed E-state index contributed by atoms with van der Waals surface area (Å²) < 4.78 is 0. The Kier molecular flexibility index (Phi) is 3.83. The van der Waals surface area contributed by atoms with E-state index in [2.05, 4.69) is 40.8 Å². The third-order valence-electron chi connectivity index (χ3n) is 2.90. The Labute approximate surface area is 103 Å². The normalized spacial score (nSPS) is 17.8. The first-order valence-electron chi connectivity index (χ1n) is 5.90. The van der Waals surface area contributed by atoms with Gasteiger partial charge in [0.05, 0.1) is 17.5 Å². The van der Waals surface area contributed by atoms with E-state index in [-0.39, 0.29) is 6.17 Å². The van der Waals surface area contributed by atoms with Gasteiger partial charge in [-0.3, -0.25) is 4.90 Å². The summed E-state index contributed by atoms with van der Waals surface area (Å²) in [5.74, 6) is 0. The van der Waals surface area contributed by atoms with Crippen LogP contribution < -0.4 is 10.6 Å². The topological polar surface area (TPSA) is 27.3 Å². The Bertz CT molecular complexity index is 390. The molecule has 1 aliphatic heterocycles. The number of rotatable bonds is 5. The maximum absolute atomic E-state index is 3.80. The van der Waals surface area contributed by atoms with Crippen molar-refractivity contribution >= 4 is 11.4 Å². The molecule has 0 saturated carbocycles. The molecule has 0 aromatic heterocycles. The first-order chi connectivity index (χ1) is 8.35. The SMILES string of the molecule is C=CCN(CC=C)C1CNc2ccccc2N1. The fourth-order valence-electron chi connectivity index (χ4n) is 2.08. The zero-order valence-electron chi connectivity index (χ0n) is 10.0. The van der Waals surface area contributed by atoms with Crippen molar-refractivity contribution in [1.82, 2.24) is 4.90 Å². The largest absolute Gasteiger partial charge is 0.380 e. The van der Waals surface area contributed by atoms with Crippen LogP contribution in [0.15, 0.2) is 49.6 Å². The number of para-hydroxylation sites is 2. The van der Waals surface area contributed by atoms with E-state index in [4.69, 9.17) is 0 Å². The highest BCUT2D eigenvalue weighted by Crippen LogP contribution is 2.26. The monoisotopic (exact) mass is 229 g/mol. The van der Waals surface area contributed by atoms with Gasteiger partial charge in [0.25, 0.3) is 0 Å². The molecule has 0 aliphatic carbocycles. The van der Waals surface area contributed by atoms with Gasteiger partial charge in [-0.25, -0.2) is 0 Å². The summed E-state index contributed by atoms with van der Waals surface area (Å²) in [5.41, 5.74) is 2.32. The van der Waals surface area contributed by atoms with E-state index in [1.54, 1.807) is 0 Å². The summed E-state index contributed by atoms with van der Waals surface area (Å²) in [6.07, 6.45) is 4.12. The number of benzene rings is 1. The zero-order valence-corrected chi connectivity index (χ0v) is 10.0. The molecule has 0 fully saturated rings. The van der Waals surface area contributed by atoms with Crippen LogP contribution in [0.25, 0.3) is 0 Å². The van der Waals surface area contributed by atoms with Crippen LogP contribution in [0.1, 0.15) is 0 Å². The molecule has 2 rings (SSSR count). The summed E-state index contributed by atoms with van der Waals surface area (Å²) in [7, 11) is 0. The summed E-state index contributed by atoms with van der Waals surface area (Å²) in [6, 6.07) is 8.26. The lowest BCUT2D eigenvalue weighted by Gasteiger charge is -2.35. The van der Waals surface area contributed by atoms with Crippen LogP contribution in [0.2, 0.25) is 0 Å². The molecular formula is C14H19N3. The van der Waals surface area contributed by atoms with Gasteiger partial charge in [0.1, 0.15) is 0 Å². The predicted octanol–water partition coefficient (Wildman–Crippen LogP) is 2.52. The molecule has 1 atom stereocenters. The molecule has 0 amide bonds. The standard InChI is InChI=1S/C14H19N3/c1-3-9-17(10-4-2)14-11-15-12-7-5-6-8-13(12)16-14/h3-8,14-16H,1-2,9-11H2. The second-order valence-electron chi connectivity index (χ2n) is 4.12. The summed E-state index contributed by atoms with van der Waals surface area (Å²) >= 11 is 0. The minimum atomic E-state index is 0.279. The van der Waals surface area contributed by atoms with E-state index >= 15 is 0 Å². The molecule has 1 heterocycles. The minimum absolute atomic E-state index is 0.279. The molecule has 0 radical (unpaired) electrons. The molecule has 1 unspecified atom stereocenters. The van der Waals surface area contributed by atoms with Crippen LogP contribution in [0, 0.1) is 0 Å². The van der Waals surface area contributed by atoms with Crippen molar-refractivity contribution in [1.29, 1.82) is 0 Å². The first kappa shape index (κ1) is 11.7. The van der Waals surface area contributed by atoms with Gasteiger partial charge >= 0.3 is 0 Å². The lowest BCUT2D eigenvalue weighted by atomic mass is 10.2. The summed E-state index contributed by atoms with van der Waals surface area (Å²) in [6.45, 7) is 10.2. The van der Waals surface area contributed by atoms with Crippen LogP contribution >= 0.6 is 0 Å². The van der Waals surface area contributed by atoms with Crippen molar-refractivity contribution in [2.45, 2.75) is 6.17 Å². The molecule has 1 aliphatic rings. The Morgan fingerprint density at radius 2 is 1.82 bits per heavy atom. The zero-order chi connectivity index (χ0) is 12.1. The Balaban J connectivity index is 2.09. The maximum Gasteiger partial charge on any atom is 0.0976 e. The van der Waals surface area contributed by atoms with Crippen LogP contribution in [-0.4, -0.2) is 30.7 Å². The Morgan fingerprint density at radius 3 is 2.47 bits per heavy atom. The lowest BCUT2D eigenvalue weighted by Crippen LogP contribution is -2.47. The van der Waals surface area contributed by atoms with Crippen LogP contribution in [0.5, 0.6) is 0 Å². The fourth-order valence-corrected chi connectivity index (χ4v) is 2.08. The molecule has 0 saturated heterocycles. The molecular weight excluding hydrogens is 210 g/mol. The quantitative estimate of drug-likeness (QED) is 0.760. The van der Waals surface area contributed by atoms with Gasteiger partial charge in [-0.05, 0) is 12.1 Å². The highest BCUT2D eigenvalue weighted by Gasteiger charge is 2.21. The second kappa shape index (κ2) is 5.55. The van der Waals surface area contributed by atoms with E-state index in [0.29, 0.717) is 0 Å². The summed E-state index contributed by atoms with van der Waals surface area (Å²) in [4.78, 5) is 2.29. The average Bonchev–Trinajstić information content (AvgIpc) is 2.38. The molecule has 17 heavy (non-hydrogen) atoms. The number of nitrogens with zero attached hydrogens (tertiary/aromatic N) is 1. The van der Waals surface area contributed by atoms with E-state index in [1.807, 2.05) is 24.3 Å². The van der Waals surface area contributed by atoms with Crippen molar-refractivity contribution in [3.8, 4) is 0 Å². The van der Waals surface area contributed by atoms with Crippen LogP contribution in [0.4, 0.5) is 11.4 Å². The number of hydrogen-bond donors (Lipinski definition) is 2. The number of nitrogens with one attached hydrogen (secondary N) is 2. The van der Waals surface area contributed by atoms with E-state index in [0.717, 1.165) is 25.3 Å². The molecule has 0 spiro atoms. The molecule has 90 valence electrons. The van der Waals surface area contributed by atoms with Gasteiger partial charge in [0.15, 0.2) is 0 Å². The number of hydrogen-bond acceptors (Lipinski definition) is 3. The number of fused-ring (bicyclic) bond motifs is 1. The molecule has 3 nitrogen and oxygen atoms in total. The van der Waals surface area contributed by atoms with E-state index in [9.17, 15) is 0 Å². The van der Waals surface area contributed by atoms with Gasteiger partial charge in [0.2, 0.25) is 0 Å². The van der Waals surface area contributed by atoms with E-state index < -0.39 is 0 Å². The van der Waals surface area contributed by atoms with Crippen molar-refractivity contribution in [3.63, 3.8) is 0 Å². The minimum Gasteiger partial charge on any atom is -0.380 e. The van der Waals surface area contributed by atoms with E-state index in [1.165, 1.54) is 5.69 Å².